The average molecular weight is 461 g/mol. The highest BCUT2D eigenvalue weighted by atomic mass is 19.1. The first-order valence-electron chi connectivity index (χ1n) is 10.7. The number of carbonyl (C=O) groups excluding carboxylic acids is 3. The van der Waals surface area contributed by atoms with Gasteiger partial charge in [0, 0.05) is 5.56 Å². The van der Waals surface area contributed by atoms with E-state index in [1.54, 1.807) is 41.5 Å². The number of rotatable bonds is 4. The molecule has 0 atom stereocenters. The summed E-state index contributed by atoms with van der Waals surface area (Å²) in [5.41, 5.74) is -0.0101. The monoisotopic (exact) mass is 460 g/mol. The van der Waals surface area contributed by atoms with Crippen molar-refractivity contribution in [2.75, 3.05) is 11.9 Å². The molecule has 1 aromatic heterocycles. The van der Waals surface area contributed by atoms with Crippen LogP contribution in [0.5, 0.6) is 0 Å². The number of anilines is 1. The van der Waals surface area contributed by atoms with Crippen LogP contribution in [-0.2, 0) is 32.8 Å². The predicted octanol–water partition coefficient (Wildman–Crippen LogP) is 4.19. The number of nitrogens with zero attached hydrogens (tertiary/aromatic N) is 3. The van der Waals surface area contributed by atoms with E-state index in [0.717, 1.165) is 4.68 Å². The van der Waals surface area contributed by atoms with Crippen LogP contribution in [0.3, 0.4) is 0 Å². The lowest BCUT2D eigenvalue weighted by atomic mass is 10.0. The molecule has 10 heteroatoms. The number of carbonyl (C=O) groups is 3. The van der Waals surface area contributed by atoms with Crippen LogP contribution < -0.4 is 5.32 Å². The Hall–Kier alpha value is -3.43. The molecule has 33 heavy (non-hydrogen) atoms. The first-order valence-corrected chi connectivity index (χ1v) is 10.7. The fourth-order valence-corrected chi connectivity index (χ4v) is 3.59. The molecule has 0 saturated carbocycles. The standard InChI is InChI=1S/C23H29FN4O5/c1-7-32-21(31)28-19(25-17(29)12-14-8-10-15(24)11-9-14)16-13-27(20(30)33-22(2,3)4)23(5,6)18(16)26-28/h8-11H,7,12-13H2,1-6H3,(H,25,29). The van der Waals surface area contributed by atoms with E-state index >= 15 is 0 Å². The maximum absolute atomic E-state index is 13.2. The van der Waals surface area contributed by atoms with Crippen LogP contribution in [0.4, 0.5) is 19.8 Å². The van der Waals surface area contributed by atoms with Gasteiger partial charge in [-0.25, -0.2) is 14.0 Å². The maximum Gasteiger partial charge on any atom is 0.436 e. The van der Waals surface area contributed by atoms with Crippen LogP contribution >= 0.6 is 0 Å². The summed E-state index contributed by atoms with van der Waals surface area (Å²) in [5, 5.41) is 7.12. The Morgan fingerprint density at radius 3 is 2.36 bits per heavy atom. The third kappa shape index (κ3) is 5.15. The Labute approximate surface area is 191 Å². The number of nitrogens with one attached hydrogen (secondary N) is 1. The molecule has 0 spiro atoms. The number of amides is 2. The summed E-state index contributed by atoms with van der Waals surface area (Å²) in [6.07, 6.45) is -1.32. The largest absolute Gasteiger partial charge is 0.448 e. The molecule has 0 aliphatic carbocycles. The Kier molecular flexibility index (Phi) is 6.49. The summed E-state index contributed by atoms with van der Waals surface area (Å²) in [6, 6.07) is 5.56. The molecular formula is C23H29FN4O5. The molecule has 2 amide bonds. The van der Waals surface area contributed by atoms with Crippen LogP contribution in [-0.4, -0.2) is 45.0 Å². The number of halogens is 1. The van der Waals surface area contributed by atoms with Crippen LogP contribution in [0, 0.1) is 5.82 Å². The van der Waals surface area contributed by atoms with Crippen molar-refractivity contribution in [1.82, 2.24) is 14.7 Å². The molecule has 0 unspecified atom stereocenters. The third-order valence-electron chi connectivity index (χ3n) is 5.14. The fourth-order valence-electron chi connectivity index (χ4n) is 3.59. The smallest absolute Gasteiger partial charge is 0.436 e. The Morgan fingerprint density at radius 1 is 1.15 bits per heavy atom. The number of benzene rings is 1. The van der Waals surface area contributed by atoms with E-state index in [1.807, 2.05) is 0 Å². The second-order valence-corrected chi connectivity index (χ2v) is 9.26. The van der Waals surface area contributed by atoms with E-state index in [-0.39, 0.29) is 25.4 Å². The Morgan fingerprint density at radius 2 is 1.79 bits per heavy atom. The van der Waals surface area contributed by atoms with Crippen molar-refractivity contribution in [3.05, 3.63) is 46.9 Å². The quantitative estimate of drug-likeness (QED) is 0.734. The maximum atomic E-state index is 13.2. The van der Waals surface area contributed by atoms with Crippen molar-refractivity contribution < 1.29 is 28.2 Å². The minimum absolute atomic E-state index is 0.0395. The summed E-state index contributed by atoms with van der Waals surface area (Å²) in [4.78, 5) is 39.6. The lowest BCUT2D eigenvalue weighted by molar-refractivity contribution is -0.115. The first-order chi connectivity index (χ1) is 15.3. The predicted molar refractivity (Wildman–Crippen MR) is 118 cm³/mol. The lowest BCUT2D eigenvalue weighted by Gasteiger charge is -2.33. The zero-order valence-corrected chi connectivity index (χ0v) is 19.7. The van der Waals surface area contributed by atoms with Crippen molar-refractivity contribution >= 4 is 23.9 Å². The molecule has 3 rings (SSSR count). The van der Waals surface area contributed by atoms with Gasteiger partial charge in [0.2, 0.25) is 5.91 Å². The van der Waals surface area contributed by atoms with E-state index in [9.17, 15) is 18.8 Å². The SMILES string of the molecule is CCOC(=O)n1nc2c(c1NC(=O)Cc1ccc(F)cc1)CN(C(=O)OC(C)(C)C)C2(C)C. The molecule has 0 saturated heterocycles. The summed E-state index contributed by atoms with van der Waals surface area (Å²) >= 11 is 0. The van der Waals surface area contributed by atoms with Crippen LogP contribution in [0.15, 0.2) is 24.3 Å². The summed E-state index contributed by atoms with van der Waals surface area (Å²) < 4.78 is 24.8. The molecule has 9 nitrogen and oxygen atoms in total. The summed E-state index contributed by atoms with van der Waals surface area (Å²) in [7, 11) is 0. The zero-order valence-electron chi connectivity index (χ0n) is 19.7. The van der Waals surface area contributed by atoms with Gasteiger partial charge in [-0.2, -0.15) is 5.10 Å². The summed E-state index contributed by atoms with van der Waals surface area (Å²) in [6.45, 7) is 10.8. The Balaban J connectivity index is 1.93. The van der Waals surface area contributed by atoms with E-state index in [4.69, 9.17) is 9.47 Å². The van der Waals surface area contributed by atoms with Gasteiger partial charge < -0.3 is 14.8 Å². The first kappa shape index (κ1) is 24.2. The third-order valence-corrected chi connectivity index (χ3v) is 5.14. The molecule has 178 valence electrons. The molecule has 1 aliphatic heterocycles. The number of fused-ring (bicyclic) bond motifs is 1. The van der Waals surface area contributed by atoms with Gasteiger partial charge in [-0.1, -0.05) is 12.1 Å². The minimum atomic E-state index is -0.897. The molecule has 0 bridgehead atoms. The van der Waals surface area contributed by atoms with Gasteiger partial charge in [-0.15, -0.1) is 4.68 Å². The number of aromatic nitrogens is 2. The highest BCUT2D eigenvalue weighted by Gasteiger charge is 2.47. The molecule has 0 fully saturated rings. The van der Waals surface area contributed by atoms with E-state index in [0.29, 0.717) is 16.8 Å². The van der Waals surface area contributed by atoms with Gasteiger partial charge in [0.15, 0.2) is 0 Å². The Bertz CT molecular complexity index is 1070. The molecule has 1 aliphatic rings. The van der Waals surface area contributed by atoms with Gasteiger partial charge in [0.1, 0.15) is 17.2 Å². The number of hydrogen-bond acceptors (Lipinski definition) is 6. The van der Waals surface area contributed by atoms with Gasteiger partial charge in [-0.05, 0) is 59.2 Å². The average Bonchev–Trinajstić information content (AvgIpc) is 3.17. The minimum Gasteiger partial charge on any atom is -0.448 e. The van der Waals surface area contributed by atoms with Crippen molar-refractivity contribution in [1.29, 1.82) is 0 Å². The molecule has 2 heterocycles. The normalized spacial score (nSPS) is 14.6. The number of ether oxygens (including phenoxy) is 2. The van der Waals surface area contributed by atoms with Gasteiger partial charge in [0.05, 0.1) is 30.8 Å². The van der Waals surface area contributed by atoms with Gasteiger partial charge in [-0.3, -0.25) is 9.69 Å². The van der Waals surface area contributed by atoms with E-state index in [1.165, 1.54) is 29.2 Å². The topological polar surface area (TPSA) is 103 Å². The van der Waals surface area contributed by atoms with E-state index in [2.05, 4.69) is 10.4 Å². The molecule has 0 radical (unpaired) electrons. The lowest BCUT2D eigenvalue weighted by Crippen LogP contribution is -2.44. The van der Waals surface area contributed by atoms with Crippen LogP contribution in [0.2, 0.25) is 0 Å². The van der Waals surface area contributed by atoms with Crippen molar-refractivity contribution in [2.24, 2.45) is 0 Å². The molecule has 1 aromatic carbocycles. The van der Waals surface area contributed by atoms with Crippen molar-refractivity contribution in [2.45, 2.75) is 65.6 Å². The molecule has 2 aromatic rings. The van der Waals surface area contributed by atoms with Crippen molar-refractivity contribution in [3.8, 4) is 0 Å². The van der Waals surface area contributed by atoms with Crippen molar-refractivity contribution in [3.63, 3.8) is 0 Å². The zero-order chi connectivity index (χ0) is 24.6. The van der Waals surface area contributed by atoms with E-state index < -0.39 is 35.1 Å². The highest BCUT2D eigenvalue weighted by molar-refractivity contribution is 5.94. The van der Waals surface area contributed by atoms with Gasteiger partial charge >= 0.3 is 12.2 Å². The second-order valence-electron chi connectivity index (χ2n) is 9.26. The molecule has 1 N–H and O–H groups in total. The highest BCUT2D eigenvalue weighted by Crippen LogP contribution is 2.42. The second kappa shape index (κ2) is 8.84. The molecular weight excluding hydrogens is 431 g/mol. The fraction of sp³-hybridized carbons (Fsp3) is 0.478. The van der Waals surface area contributed by atoms with Gasteiger partial charge in [0.25, 0.3) is 0 Å². The summed E-state index contributed by atoms with van der Waals surface area (Å²) in [5.74, 6) is -0.695. The van der Waals surface area contributed by atoms with Crippen LogP contribution in [0.25, 0.3) is 0 Å². The van der Waals surface area contributed by atoms with Crippen LogP contribution in [0.1, 0.15) is 58.4 Å². The number of hydrogen-bond donors (Lipinski definition) is 1.